The molecule has 13 heavy (non-hydrogen) atoms. The minimum atomic E-state index is 0.834. The SMILES string of the molecule is C=CN=CC(=C\C)/C(=C/SC)N=C. The predicted molar refractivity (Wildman–Crippen MR) is 63.6 cm³/mol. The number of rotatable bonds is 5. The van der Waals surface area contributed by atoms with Crippen LogP contribution in [0, 0.1) is 0 Å². The molecule has 0 bridgehead atoms. The van der Waals surface area contributed by atoms with Crippen molar-refractivity contribution in [1.29, 1.82) is 0 Å². The topological polar surface area (TPSA) is 24.7 Å². The van der Waals surface area contributed by atoms with Gasteiger partial charge in [0, 0.05) is 18.0 Å². The molecule has 0 N–H and O–H groups in total. The van der Waals surface area contributed by atoms with Crippen LogP contribution in [0.25, 0.3) is 0 Å². The summed E-state index contributed by atoms with van der Waals surface area (Å²) in [5.74, 6) is 0. The number of nitrogens with zero attached hydrogens (tertiary/aromatic N) is 2. The summed E-state index contributed by atoms with van der Waals surface area (Å²) in [6.45, 7) is 8.93. The molecule has 0 radical (unpaired) electrons. The lowest BCUT2D eigenvalue weighted by Gasteiger charge is -1.99. The number of hydrogen-bond donors (Lipinski definition) is 0. The van der Waals surface area contributed by atoms with E-state index in [1.54, 1.807) is 18.0 Å². The molecule has 0 aliphatic carbocycles. The second-order valence-corrected chi connectivity index (χ2v) is 2.81. The fourth-order valence-corrected chi connectivity index (χ4v) is 1.16. The Morgan fingerprint density at radius 2 is 2.15 bits per heavy atom. The van der Waals surface area contributed by atoms with Crippen LogP contribution in [0.3, 0.4) is 0 Å². The van der Waals surface area contributed by atoms with E-state index in [9.17, 15) is 0 Å². The molecule has 0 aromatic heterocycles. The summed E-state index contributed by atoms with van der Waals surface area (Å²) < 4.78 is 0. The summed E-state index contributed by atoms with van der Waals surface area (Å²) in [5.41, 5.74) is 1.78. The Hall–Kier alpha value is -1.09. The van der Waals surface area contributed by atoms with Gasteiger partial charge >= 0.3 is 0 Å². The van der Waals surface area contributed by atoms with Gasteiger partial charge in [-0.2, -0.15) is 0 Å². The second kappa shape index (κ2) is 7.55. The second-order valence-electron chi connectivity index (χ2n) is 2.10. The molecule has 0 aliphatic heterocycles. The smallest absolute Gasteiger partial charge is 0.0769 e. The van der Waals surface area contributed by atoms with E-state index < -0.39 is 0 Å². The molecule has 0 saturated heterocycles. The fraction of sp³-hybridized carbons (Fsp3) is 0.200. The molecule has 0 amide bonds. The van der Waals surface area contributed by atoms with E-state index in [-0.39, 0.29) is 0 Å². The van der Waals surface area contributed by atoms with Crippen molar-refractivity contribution in [3.63, 3.8) is 0 Å². The molecule has 3 heteroatoms. The molecule has 0 atom stereocenters. The first-order valence-electron chi connectivity index (χ1n) is 3.80. The Bertz CT molecular complexity index is 262. The predicted octanol–water partition coefficient (Wildman–Crippen LogP) is 3.05. The van der Waals surface area contributed by atoms with E-state index >= 15 is 0 Å². The summed E-state index contributed by atoms with van der Waals surface area (Å²) >= 11 is 1.59. The average molecular weight is 194 g/mol. The van der Waals surface area contributed by atoms with Crippen LogP contribution >= 0.6 is 11.8 Å². The molecule has 0 saturated carbocycles. The molecule has 0 heterocycles. The van der Waals surface area contributed by atoms with Gasteiger partial charge in [-0.1, -0.05) is 12.7 Å². The summed E-state index contributed by atoms with van der Waals surface area (Å²) in [5, 5.41) is 1.93. The Labute approximate surface area is 83.9 Å². The zero-order chi connectivity index (χ0) is 10.1. The van der Waals surface area contributed by atoms with Crippen molar-refractivity contribution in [2.45, 2.75) is 6.92 Å². The molecule has 0 spiro atoms. The van der Waals surface area contributed by atoms with E-state index in [2.05, 4.69) is 23.3 Å². The highest BCUT2D eigenvalue weighted by atomic mass is 32.2. The molecule has 2 nitrogen and oxygen atoms in total. The largest absolute Gasteiger partial charge is 0.265 e. The third-order valence-corrected chi connectivity index (χ3v) is 1.78. The van der Waals surface area contributed by atoms with Crippen molar-refractivity contribution in [2.24, 2.45) is 9.98 Å². The summed E-state index contributed by atoms with van der Waals surface area (Å²) in [7, 11) is 0. The van der Waals surface area contributed by atoms with Crippen LogP contribution in [0.5, 0.6) is 0 Å². The van der Waals surface area contributed by atoms with Gasteiger partial charge in [0.2, 0.25) is 0 Å². The number of allylic oxidation sites excluding steroid dienone is 2. The van der Waals surface area contributed by atoms with Crippen molar-refractivity contribution >= 4 is 24.7 Å². The third-order valence-electron chi connectivity index (χ3n) is 1.33. The van der Waals surface area contributed by atoms with Gasteiger partial charge in [-0.05, 0) is 25.3 Å². The molecule has 0 rings (SSSR count). The molecule has 0 aromatic rings. The van der Waals surface area contributed by atoms with E-state index in [0.717, 1.165) is 11.3 Å². The van der Waals surface area contributed by atoms with E-state index in [4.69, 9.17) is 0 Å². The van der Waals surface area contributed by atoms with Crippen molar-refractivity contribution in [2.75, 3.05) is 6.26 Å². The van der Waals surface area contributed by atoms with Crippen molar-refractivity contribution in [1.82, 2.24) is 0 Å². The van der Waals surface area contributed by atoms with Gasteiger partial charge in [0.05, 0.1) is 5.70 Å². The molecule has 0 aliphatic rings. The molecule has 0 aromatic carbocycles. The average Bonchev–Trinajstić information content (AvgIpc) is 2.17. The highest BCUT2D eigenvalue weighted by Gasteiger charge is 1.96. The third kappa shape index (κ3) is 4.48. The molecule has 0 unspecified atom stereocenters. The maximum Gasteiger partial charge on any atom is 0.0769 e. The van der Waals surface area contributed by atoms with Crippen molar-refractivity contribution in [3.8, 4) is 0 Å². The maximum atomic E-state index is 3.93. The van der Waals surface area contributed by atoms with Gasteiger partial charge in [0.1, 0.15) is 0 Å². The lowest BCUT2D eigenvalue weighted by atomic mass is 10.2. The zero-order valence-electron chi connectivity index (χ0n) is 8.03. The van der Waals surface area contributed by atoms with Gasteiger partial charge in [0.25, 0.3) is 0 Å². The Balaban J connectivity index is 4.74. The normalized spacial score (nSPS) is 13.4. The van der Waals surface area contributed by atoms with E-state index in [0.29, 0.717) is 0 Å². The van der Waals surface area contributed by atoms with Crippen LogP contribution in [-0.4, -0.2) is 19.2 Å². The minimum Gasteiger partial charge on any atom is -0.265 e. The standard InChI is InChI=1S/C10H14N2S/c1-5-9(7-12-6-2)10(11-3)8-13-4/h5-8H,2-3H2,1,4H3/b9-5+,10-8-,12-7?. The van der Waals surface area contributed by atoms with Crippen LogP contribution < -0.4 is 0 Å². The van der Waals surface area contributed by atoms with Gasteiger partial charge in [0.15, 0.2) is 0 Å². The lowest BCUT2D eigenvalue weighted by molar-refractivity contribution is 1.39. The Morgan fingerprint density at radius 3 is 2.54 bits per heavy atom. The molecular weight excluding hydrogens is 180 g/mol. The Kier molecular flexibility index (Phi) is 6.92. The summed E-state index contributed by atoms with van der Waals surface area (Å²) in [6, 6.07) is 0. The molecular formula is C10H14N2S. The van der Waals surface area contributed by atoms with Crippen molar-refractivity contribution in [3.05, 3.63) is 35.5 Å². The molecule has 70 valence electrons. The molecule has 0 fully saturated rings. The number of aliphatic imine (C=N–C) groups is 2. The monoisotopic (exact) mass is 194 g/mol. The first kappa shape index (κ1) is 11.9. The van der Waals surface area contributed by atoms with Gasteiger partial charge in [-0.25, -0.2) is 0 Å². The number of thioether (sulfide) groups is 1. The highest BCUT2D eigenvalue weighted by Crippen LogP contribution is 2.13. The summed E-state index contributed by atoms with van der Waals surface area (Å²) in [4.78, 5) is 7.83. The van der Waals surface area contributed by atoms with Gasteiger partial charge in [-0.15, -0.1) is 11.8 Å². The minimum absolute atomic E-state index is 0.834. The van der Waals surface area contributed by atoms with Crippen LogP contribution in [-0.2, 0) is 0 Å². The van der Waals surface area contributed by atoms with Crippen LogP contribution in [0.1, 0.15) is 6.92 Å². The maximum absolute atomic E-state index is 3.93. The Morgan fingerprint density at radius 1 is 1.46 bits per heavy atom. The van der Waals surface area contributed by atoms with Gasteiger partial charge in [-0.3, -0.25) is 9.98 Å². The highest BCUT2D eigenvalue weighted by molar-refractivity contribution is 8.01. The van der Waals surface area contributed by atoms with Crippen LogP contribution in [0.4, 0.5) is 0 Å². The van der Waals surface area contributed by atoms with Crippen LogP contribution in [0.2, 0.25) is 0 Å². The van der Waals surface area contributed by atoms with Crippen molar-refractivity contribution < 1.29 is 0 Å². The van der Waals surface area contributed by atoms with E-state index in [1.807, 2.05) is 24.7 Å². The van der Waals surface area contributed by atoms with Crippen LogP contribution in [0.15, 0.2) is 45.5 Å². The number of hydrogen-bond acceptors (Lipinski definition) is 3. The zero-order valence-corrected chi connectivity index (χ0v) is 8.84. The summed E-state index contributed by atoms with van der Waals surface area (Å²) in [6.07, 6.45) is 7.11. The first-order valence-corrected chi connectivity index (χ1v) is 5.09. The quantitative estimate of drug-likeness (QED) is 0.487. The fourth-order valence-electron chi connectivity index (χ4n) is 0.730. The lowest BCUT2D eigenvalue weighted by Crippen LogP contribution is -1.87. The first-order chi connectivity index (χ1) is 6.29. The van der Waals surface area contributed by atoms with E-state index in [1.165, 1.54) is 6.20 Å². The van der Waals surface area contributed by atoms with Gasteiger partial charge < -0.3 is 0 Å².